The van der Waals surface area contributed by atoms with Crippen molar-refractivity contribution in [3.8, 4) is 11.3 Å². The first kappa shape index (κ1) is 17.4. The lowest BCUT2D eigenvalue weighted by Crippen LogP contribution is -2.12. The Labute approximate surface area is 157 Å². The highest BCUT2D eigenvalue weighted by atomic mass is 35.5. The van der Waals surface area contributed by atoms with Gasteiger partial charge in [0, 0.05) is 23.6 Å². The Morgan fingerprint density at radius 2 is 2.17 bits per heavy atom. The monoisotopic (exact) mass is 398 g/mol. The van der Waals surface area contributed by atoms with Crippen LogP contribution >= 0.6 is 45.9 Å². The van der Waals surface area contributed by atoms with Crippen LogP contribution in [-0.2, 0) is 11.3 Å². The predicted octanol–water partition coefficient (Wildman–Crippen LogP) is 5.58. The molecule has 3 aromatic rings. The van der Waals surface area contributed by atoms with Gasteiger partial charge in [-0.05, 0) is 23.8 Å². The number of amides is 1. The Balaban J connectivity index is 1.76. The van der Waals surface area contributed by atoms with Crippen molar-refractivity contribution in [2.45, 2.75) is 6.61 Å². The summed E-state index contributed by atoms with van der Waals surface area (Å²) in [6, 6.07) is 9.04. The summed E-state index contributed by atoms with van der Waals surface area (Å²) in [4.78, 5) is 16.8. The van der Waals surface area contributed by atoms with Crippen LogP contribution in [0.3, 0.4) is 0 Å². The molecule has 0 bridgehead atoms. The maximum absolute atomic E-state index is 12.4. The molecule has 24 heavy (non-hydrogen) atoms. The Bertz CT molecular complexity index is 877. The first-order valence-electron chi connectivity index (χ1n) is 6.87. The van der Waals surface area contributed by atoms with Crippen LogP contribution in [0.1, 0.15) is 15.9 Å². The number of halogens is 2. The number of thiophene rings is 1. The molecule has 8 heteroatoms. The van der Waals surface area contributed by atoms with Gasteiger partial charge in [0.1, 0.15) is 4.34 Å². The number of carbonyl (C=O) groups is 1. The Hall–Kier alpha value is -1.44. The largest absolute Gasteiger partial charge is 0.380 e. The minimum atomic E-state index is -0.219. The molecule has 3 rings (SSSR count). The van der Waals surface area contributed by atoms with Gasteiger partial charge in [0.15, 0.2) is 5.13 Å². The fourth-order valence-electron chi connectivity index (χ4n) is 2.11. The van der Waals surface area contributed by atoms with Crippen molar-refractivity contribution in [1.82, 2.24) is 4.98 Å². The summed E-state index contributed by atoms with van der Waals surface area (Å²) in [5.41, 5.74) is 2.95. The molecule has 0 aliphatic carbocycles. The van der Waals surface area contributed by atoms with E-state index in [1.807, 2.05) is 17.5 Å². The first-order valence-corrected chi connectivity index (χ1v) is 9.32. The first-order chi connectivity index (χ1) is 11.6. The summed E-state index contributed by atoms with van der Waals surface area (Å²) in [6.07, 6.45) is 0. The van der Waals surface area contributed by atoms with E-state index < -0.39 is 0 Å². The van der Waals surface area contributed by atoms with Crippen molar-refractivity contribution < 1.29 is 9.53 Å². The molecular formula is C16H12Cl2N2O2S2. The molecule has 2 heterocycles. The van der Waals surface area contributed by atoms with Crippen LogP contribution in [-0.4, -0.2) is 18.0 Å². The number of hydrogen-bond acceptors (Lipinski definition) is 5. The summed E-state index contributed by atoms with van der Waals surface area (Å²) in [7, 11) is 1.62. The van der Waals surface area contributed by atoms with Crippen molar-refractivity contribution in [3.05, 3.63) is 55.5 Å². The molecule has 0 saturated heterocycles. The second-order valence-corrected chi connectivity index (χ2v) is 8.01. The van der Waals surface area contributed by atoms with Gasteiger partial charge in [-0.3, -0.25) is 10.1 Å². The number of thiazole rings is 1. The van der Waals surface area contributed by atoms with Crippen molar-refractivity contribution >= 4 is 56.9 Å². The van der Waals surface area contributed by atoms with E-state index in [2.05, 4.69) is 10.3 Å². The lowest BCUT2D eigenvalue weighted by atomic mass is 10.1. The van der Waals surface area contributed by atoms with Gasteiger partial charge in [-0.2, -0.15) is 0 Å². The fraction of sp³-hybridized carbons (Fsp3) is 0.125. The van der Waals surface area contributed by atoms with Gasteiger partial charge in [-0.1, -0.05) is 35.3 Å². The highest BCUT2D eigenvalue weighted by Gasteiger charge is 2.14. The van der Waals surface area contributed by atoms with Crippen LogP contribution in [0.4, 0.5) is 5.13 Å². The summed E-state index contributed by atoms with van der Waals surface area (Å²) in [5, 5.41) is 5.14. The van der Waals surface area contributed by atoms with Gasteiger partial charge < -0.3 is 4.74 Å². The second-order valence-electron chi connectivity index (χ2n) is 4.86. The van der Waals surface area contributed by atoms with E-state index in [-0.39, 0.29) is 5.91 Å². The number of ether oxygens (including phenoxy) is 1. The van der Waals surface area contributed by atoms with Crippen molar-refractivity contribution in [1.29, 1.82) is 0 Å². The molecule has 1 amide bonds. The minimum Gasteiger partial charge on any atom is -0.380 e. The van der Waals surface area contributed by atoms with E-state index in [0.29, 0.717) is 31.7 Å². The summed E-state index contributed by atoms with van der Waals surface area (Å²) in [6.45, 7) is 0.458. The third-order valence-electron chi connectivity index (χ3n) is 3.16. The smallest absolute Gasteiger partial charge is 0.257 e. The Morgan fingerprint density at radius 3 is 2.88 bits per heavy atom. The SMILES string of the molecule is COCc1cccc(C(=O)Nc2nc(-c3cc(Cl)sc3Cl)cs2)c1. The zero-order valence-electron chi connectivity index (χ0n) is 12.5. The van der Waals surface area contributed by atoms with E-state index >= 15 is 0 Å². The van der Waals surface area contributed by atoms with Crippen LogP contribution in [0.15, 0.2) is 35.7 Å². The van der Waals surface area contributed by atoms with E-state index in [9.17, 15) is 4.79 Å². The van der Waals surface area contributed by atoms with Crippen LogP contribution in [0.25, 0.3) is 11.3 Å². The zero-order valence-corrected chi connectivity index (χ0v) is 15.7. The minimum absolute atomic E-state index is 0.219. The van der Waals surface area contributed by atoms with Crippen LogP contribution in [0.5, 0.6) is 0 Å². The summed E-state index contributed by atoms with van der Waals surface area (Å²) < 4.78 is 6.26. The third-order valence-corrected chi connectivity index (χ3v) is 5.40. The highest BCUT2D eigenvalue weighted by molar-refractivity contribution is 7.20. The molecule has 0 unspecified atom stereocenters. The maximum Gasteiger partial charge on any atom is 0.257 e. The van der Waals surface area contributed by atoms with Crippen LogP contribution in [0.2, 0.25) is 8.67 Å². The van der Waals surface area contributed by atoms with Gasteiger partial charge in [-0.15, -0.1) is 22.7 Å². The maximum atomic E-state index is 12.4. The number of benzene rings is 1. The molecule has 0 fully saturated rings. The molecule has 0 aliphatic heterocycles. The van der Waals surface area contributed by atoms with Gasteiger partial charge in [0.25, 0.3) is 5.91 Å². The number of methoxy groups -OCH3 is 1. The van der Waals surface area contributed by atoms with Crippen molar-refractivity contribution in [2.75, 3.05) is 12.4 Å². The van der Waals surface area contributed by atoms with Crippen LogP contribution in [0, 0.1) is 0 Å². The number of aromatic nitrogens is 1. The molecular weight excluding hydrogens is 387 g/mol. The molecule has 0 spiro atoms. The molecule has 1 aromatic carbocycles. The van der Waals surface area contributed by atoms with E-state index in [1.54, 1.807) is 25.3 Å². The van der Waals surface area contributed by atoms with E-state index in [4.69, 9.17) is 27.9 Å². The number of carbonyl (C=O) groups excluding carboxylic acids is 1. The summed E-state index contributed by atoms with van der Waals surface area (Å²) in [5.74, 6) is -0.219. The second kappa shape index (κ2) is 7.63. The number of rotatable bonds is 5. The average molecular weight is 399 g/mol. The molecule has 124 valence electrons. The number of anilines is 1. The van der Waals surface area contributed by atoms with Crippen molar-refractivity contribution in [3.63, 3.8) is 0 Å². The molecule has 0 atom stereocenters. The van der Waals surface area contributed by atoms with Gasteiger partial charge in [0.05, 0.1) is 16.6 Å². The van der Waals surface area contributed by atoms with E-state index in [0.717, 1.165) is 11.1 Å². The standard InChI is InChI=1S/C16H12Cl2N2O2S2/c1-22-7-9-3-2-4-10(5-9)15(21)20-16-19-12(8-23-16)11-6-13(17)24-14(11)18/h2-6,8H,7H2,1H3,(H,19,20,21). The summed E-state index contributed by atoms with van der Waals surface area (Å²) >= 11 is 14.7. The lowest BCUT2D eigenvalue weighted by molar-refractivity contribution is 0.102. The molecule has 2 aromatic heterocycles. The topological polar surface area (TPSA) is 51.2 Å². The van der Waals surface area contributed by atoms with Gasteiger partial charge in [-0.25, -0.2) is 4.98 Å². The molecule has 0 saturated carbocycles. The third kappa shape index (κ3) is 3.96. The van der Waals surface area contributed by atoms with Gasteiger partial charge in [0.2, 0.25) is 0 Å². The number of hydrogen-bond donors (Lipinski definition) is 1. The van der Waals surface area contributed by atoms with Crippen LogP contribution < -0.4 is 5.32 Å². The molecule has 0 aliphatic rings. The fourth-order valence-corrected chi connectivity index (χ4v) is 4.29. The zero-order chi connectivity index (χ0) is 17.1. The molecule has 4 nitrogen and oxygen atoms in total. The number of nitrogens with zero attached hydrogens (tertiary/aromatic N) is 1. The predicted molar refractivity (Wildman–Crippen MR) is 101 cm³/mol. The molecule has 0 radical (unpaired) electrons. The quantitative estimate of drug-likeness (QED) is 0.610. The Morgan fingerprint density at radius 1 is 1.33 bits per heavy atom. The van der Waals surface area contributed by atoms with Crippen molar-refractivity contribution in [2.24, 2.45) is 0 Å². The Kier molecular flexibility index (Phi) is 5.53. The van der Waals surface area contributed by atoms with Gasteiger partial charge >= 0.3 is 0 Å². The molecule has 1 N–H and O–H groups in total. The van der Waals surface area contributed by atoms with E-state index in [1.165, 1.54) is 22.7 Å². The highest BCUT2D eigenvalue weighted by Crippen LogP contribution is 2.39. The lowest BCUT2D eigenvalue weighted by Gasteiger charge is -2.04. The average Bonchev–Trinajstić information content (AvgIpc) is 3.14. The number of nitrogens with one attached hydrogen (secondary N) is 1. The normalized spacial score (nSPS) is 10.8.